The van der Waals surface area contributed by atoms with Crippen LogP contribution in [-0.4, -0.2) is 30.4 Å². The minimum atomic E-state index is 0.238. The summed E-state index contributed by atoms with van der Waals surface area (Å²) < 4.78 is 0. The van der Waals surface area contributed by atoms with E-state index >= 15 is 0 Å². The minimum Gasteiger partial charge on any atom is -0.342 e. The molecule has 0 aromatic heterocycles. The third-order valence-electron chi connectivity index (χ3n) is 2.14. The van der Waals surface area contributed by atoms with Crippen LogP contribution in [0.1, 0.15) is 19.3 Å². The molecule has 0 radical (unpaired) electrons. The van der Waals surface area contributed by atoms with Gasteiger partial charge in [-0.25, -0.2) is 0 Å². The van der Waals surface area contributed by atoms with Gasteiger partial charge < -0.3 is 10.6 Å². The maximum absolute atomic E-state index is 11.0. The van der Waals surface area contributed by atoms with Crippen LogP contribution in [0, 0.1) is 0 Å². The van der Waals surface area contributed by atoms with Gasteiger partial charge in [0.25, 0.3) is 0 Å². The number of hydrogen-bond donors (Lipinski definition) is 1. The molecular weight excluding hydrogens is 128 g/mol. The number of likely N-dealkylation sites (tertiary alicyclic amines) is 1. The van der Waals surface area contributed by atoms with Crippen molar-refractivity contribution in [2.75, 3.05) is 13.6 Å². The lowest BCUT2D eigenvalue weighted by Gasteiger charge is -2.31. The van der Waals surface area contributed by atoms with Crippen molar-refractivity contribution in [1.82, 2.24) is 4.90 Å². The topological polar surface area (TPSA) is 46.3 Å². The van der Waals surface area contributed by atoms with Crippen LogP contribution in [0.3, 0.4) is 0 Å². The number of nitrogens with two attached hydrogens (primary N) is 1. The Morgan fingerprint density at radius 3 is 3.00 bits per heavy atom. The van der Waals surface area contributed by atoms with Gasteiger partial charge in [0.15, 0.2) is 0 Å². The van der Waals surface area contributed by atoms with E-state index in [9.17, 15) is 4.79 Å². The number of likely N-dealkylation sites (N-methyl/N-ethyl adjacent to an activating group) is 1. The first kappa shape index (κ1) is 7.54. The fourth-order valence-electron chi connectivity index (χ4n) is 1.34. The zero-order chi connectivity index (χ0) is 7.56. The van der Waals surface area contributed by atoms with Gasteiger partial charge in [-0.1, -0.05) is 0 Å². The zero-order valence-corrected chi connectivity index (χ0v) is 6.34. The van der Waals surface area contributed by atoms with Gasteiger partial charge in [0.05, 0.1) is 0 Å². The van der Waals surface area contributed by atoms with E-state index in [4.69, 9.17) is 5.73 Å². The smallest absolute Gasteiger partial charge is 0.222 e. The van der Waals surface area contributed by atoms with Gasteiger partial charge in [-0.15, -0.1) is 0 Å². The molecular formula is C7H14N2O. The van der Waals surface area contributed by atoms with Crippen molar-refractivity contribution in [2.24, 2.45) is 5.73 Å². The highest BCUT2D eigenvalue weighted by Crippen LogP contribution is 2.14. The Labute approximate surface area is 61.2 Å². The van der Waals surface area contributed by atoms with Crippen molar-refractivity contribution in [1.29, 1.82) is 0 Å². The van der Waals surface area contributed by atoms with E-state index in [1.54, 1.807) is 4.90 Å². The Morgan fingerprint density at radius 2 is 2.50 bits per heavy atom. The molecule has 1 heterocycles. The molecule has 3 heteroatoms. The molecule has 1 amide bonds. The monoisotopic (exact) mass is 142 g/mol. The van der Waals surface area contributed by atoms with Crippen molar-refractivity contribution in [3.63, 3.8) is 0 Å². The van der Waals surface area contributed by atoms with Gasteiger partial charge in [0, 0.05) is 26.1 Å². The summed E-state index contributed by atoms with van der Waals surface area (Å²) in [5.74, 6) is 0.238. The van der Waals surface area contributed by atoms with Crippen molar-refractivity contribution in [3.8, 4) is 0 Å². The lowest BCUT2D eigenvalue weighted by molar-refractivity contribution is -0.134. The van der Waals surface area contributed by atoms with E-state index in [0.717, 1.165) is 12.8 Å². The number of rotatable bonds is 1. The van der Waals surface area contributed by atoms with Gasteiger partial charge in [-0.05, 0) is 12.8 Å². The Hall–Kier alpha value is -0.570. The Bertz CT molecular complexity index is 136. The van der Waals surface area contributed by atoms with Gasteiger partial charge >= 0.3 is 0 Å². The van der Waals surface area contributed by atoms with Gasteiger partial charge in [-0.3, -0.25) is 4.79 Å². The molecule has 3 nitrogen and oxygen atoms in total. The molecule has 58 valence electrons. The molecule has 1 aliphatic heterocycles. The van der Waals surface area contributed by atoms with Crippen molar-refractivity contribution in [3.05, 3.63) is 0 Å². The first-order valence-electron chi connectivity index (χ1n) is 3.71. The summed E-state index contributed by atoms with van der Waals surface area (Å²) >= 11 is 0. The molecule has 0 aromatic rings. The van der Waals surface area contributed by atoms with E-state index in [-0.39, 0.29) is 5.91 Å². The highest BCUT2D eigenvalue weighted by Gasteiger charge is 2.22. The summed E-state index contributed by atoms with van der Waals surface area (Å²) in [6.45, 7) is 0.599. The van der Waals surface area contributed by atoms with Crippen LogP contribution in [0.5, 0.6) is 0 Å². The van der Waals surface area contributed by atoms with Gasteiger partial charge in [-0.2, -0.15) is 0 Å². The lowest BCUT2D eigenvalue weighted by Crippen LogP contribution is -2.44. The molecule has 0 bridgehead atoms. The number of piperidine rings is 1. The third-order valence-corrected chi connectivity index (χ3v) is 2.14. The van der Waals surface area contributed by atoms with Crippen LogP contribution in [-0.2, 0) is 4.79 Å². The lowest BCUT2D eigenvalue weighted by atomic mass is 10.0. The summed E-state index contributed by atoms with van der Waals surface area (Å²) in [7, 11) is 1.83. The fraction of sp³-hybridized carbons (Fsp3) is 0.857. The Morgan fingerprint density at radius 1 is 1.80 bits per heavy atom. The Kier molecular flexibility index (Phi) is 2.27. The maximum atomic E-state index is 11.0. The van der Waals surface area contributed by atoms with Gasteiger partial charge in [0.2, 0.25) is 5.91 Å². The van der Waals surface area contributed by atoms with E-state index in [1.807, 2.05) is 7.05 Å². The summed E-state index contributed by atoms with van der Waals surface area (Å²) in [4.78, 5) is 12.8. The number of hydrogen-bond acceptors (Lipinski definition) is 2. The van der Waals surface area contributed by atoms with E-state index < -0.39 is 0 Å². The second-order valence-electron chi connectivity index (χ2n) is 2.79. The predicted molar refractivity (Wildman–Crippen MR) is 39.5 cm³/mol. The number of amides is 1. The molecule has 1 saturated heterocycles. The maximum Gasteiger partial charge on any atom is 0.222 e. The standard InChI is InChI=1S/C7H14N2O/c1-9-6(5-8)3-2-4-7(9)10/h6H,2-5,8H2,1H3/t6-/m1/s1. The average molecular weight is 142 g/mol. The molecule has 0 aromatic carbocycles. The molecule has 0 saturated carbocycles. The zero-order valence-electron chi connectivity index (χ0n) is 6.34. The van der Waals surface area contributed by atoms with Crippen molar-refractivity contribution in [2.45, 2.75) is 25.3 Å². The van der Waals surface area contributed by atoms with Gasteiger partial charge in [0.1, 0.15) is 0 Å². The molecule has 2 N–H and O–H groups in total. The van der Waals surface area contributed by atoms with Crippen LogP contribution in [0.25, 0.3) is 0 Å². The molecule has 1 rings (SSSR count). The second kappa shape index (κ2) is 3.01. The van der Waals surface area contributed by atoms with Crippen LogP contribution >= 0.6 is 0 Å². The van der Waals surface area contributed by atoms with Crippen LogP contribution in [0.15, 0.2) is 0 Å². The number of nitrogens with zero attached hydrogens (tertiary/aromatic N) is 1. The number of carbonyl (C=O) groups is 1. The van der Waals surface area contributed by atoms with Crippen LogP contribution in [0.2, 0.25) is 0 Å². The van der Waals surface area contributed by atoms with Crippen LogP contribution in [0.4, 0.5) is 0 Å². The largest absolute Gasteiger partial charge is 0.342 e. The molecule has 10 heavy (non-hydrogen) atoms. The summed E-state index contributed by atoms with van der Waals surface area (Å²) in [5, 5.41) is 0. The summed E-state index contributed by atoms with van der Waals surface area (Å²) in [6.07, 6.45) is 2.77. The average Bonchev–Trinajstić information content (AvgIpc) is 1.95. The second-order valence-corrected chi connectivity index (χ2v) is 2.79. The molecule has 0 unspecified atom stereocenters. The SMILES string of the molecule is CN1C(=O)CCC[C@@H]1CN. The first-order chi connectivity index (χ1) is 4.75. The normalized spacial score (nSPS) is 27.2. The van der Waals surface area contributed by atoms with E-state index in [1.165, 1.54) is 0 Å². The van der Waals surface area contributed by atoms with Crippen molar-refractivity contribution < 1.29 is 4.79 Å². The highest BCUT2D eigenvalue weighted by atomic mass is 16.2. The highest BCUT2D eigenvalue weighted by molar-refractivity contribution is 5.76. The fourth-order valence-corrected chi connectivity index (χ4v) is 1.34. The molecule has 1 aliphatic rings. The van der Waals surface area contributed by atoms with Crippen molar-refractivity contribution >= 4 is 5.91 Å². The quantitative estimate of drug-likeness (QED) is 0.558. The summed E-state index contributed by atoms with van der Waals surface area (Å²) in [5.41, 5.74) is 5.46. The molecule has 1 fully saturated rings. The number of carbonyl (C=O) groups excluding carboxylic acids is 1. The predicted octanol–water partition coefficient (Wildman–Crippen LogP) is -0.0440. The van der Waals surface area contributed by atoms with E-state index in [2.05, 4.69) is 0 Å². The Balaban J connectivity index is 2.51. The van der Waals surface area contributed by atoms with Crippen LogP contribution < -0.4 is 5.73 Å². The van der Waals surface area contributed by atoms with E-state index in [0.29, 0.717) is 19.0 Å². The third kappa shape index (κ3) is 1.29. The molecule has 0 aliphatic carbocycles. The summed E-state index contributed by atoms with van der Waals surface area (Å²) in [6, 6.07) is 0.293. The first-order valence-corrected chi connectivity index (χ1v) is 3.71. The minimum absolute atomic E-state index is 0.238. The molecule has 1 atom stereocenters. The molecule has 0 spiro atoms.